The van der Waals surface area contributed by atoms with Crippen LogP contribution in [0.2, 0.25) is 0 Å². The minimum absolute atomic E-state index is 0.597. The number of aliphatic hydroxyl groups is 1. The van der Waals surface area contributed by atoms with Gasteiger partial charge in [-0.3, -0.25) is 0 Å². The summed E-state index contributed by atoms with van der Waals surface area (Å²) in [7, 11) is 0. The maximum absolute atomic E-state index is 11.3. The molecule has 108 valence electrons. The van der Waals surface area contributed by atoms with Crippen LogP contribution < -0.4 is 4.90 Å². The van der Waals surface area contributed by atoms with Crippen LogP contribution in [-0.4, -0.2) is 33.7 Å². The van der Waals surface area contributed by atoms with Gasteiger partial charge in [0.1, 0.15) is 5.69 Å². The summed E-state index contributed by atoms with van der Waals surface area (Å²) in [6, 6.07) is 14.4. The summed E-state index contributed by atoms with van der Waals surface area (Å²) >= 11 is 3.48. The molecule has 3 nitrogen and oxygen atoms in total. The van der Waals surface area contributed by atoms with Crippen LogP contribution in [0.5, 0.6) is 0 Å². The highest BCUT2D eigenvalue weighted by atomic mass is 32.2. The number of amidine groups is 1. The van der Waals surface area contributed by atoms with Crippen LogP contribution in [-0.2, 0) is 5.72 Å². The van der Waals surface area contributed by atoms with E-state index in [4.69, 9.17) is 0 Å². The van der Waals surface area contributed by atoms with Crippen LogP contribution in [0, 0.1) is 0 Å². The molecule has 2 aromatic rings. The third kappa shape index (κ3) is 2.11. The first-order valence-corrected chi connectivity index (χ1v) is 9.02. The van der Waals surface area contributed by atoms with Crippen molar-refractivity contribution in [3.8, 4) is 0 Å². The Hall–Kier alpha value is -1.30. The Morgan fingerprint density at radius 1 is 1.14 bits per heavy atom. The standard InChI is InChI=1S/C16H17N2OS2/c19-16(14-8-4-10-20-14)12-17(13-6-2-1-3-7-13)15-18(16)9-5-11-21-15/h1-4,6-8,10,19H,5,9,11-12H2/q+1. The van der Waals surface area contributed by atoms with Gasteiger partial charge in [0.05, 0.1) is 11.4 Å². The lowest BCUT2D eigenvalue weighted by molar-refractivity contribution is -0.655. The van der Waals surface area contributed by atoms with Crippen molar-refractivity contribution >= 4 is 34.0 Å². The summed E-state index contributed by atoms with van der Waals surface area (Å²) in [4.78, 5) is 3.28. The van der Waals surface area contributed by atoms with Gasteiger partial charge in [0, 0.05) is 5.75 Å². The Morgan fingerprint density at radius 2 is 2.00 bits per heavy atom. The number of rotatable bonds is 2. The lowest BCUT2D eigenvalue weighted by Crippen LogP contribution is -2.40. The van der Waals surface area contributed by atoms with Gasteiger partial charge in [-0.05, 0) is 41.8 Å². The first-order chi connectivity index (χ1) is 10.3. The molecule has 0 aliphatic carbocycles. The summed E-state index contributed by atoms with van der Waals surface area (Å²) in [5.41, 5.74) is 0.256. The first kappa shape index (κ1) is 13.4. The van der Waals surface area contributed by atoms with Gasteiger partial charge >= 0.3 is 5.17 Å². The molecule has 0 saturated heterocycles. The molecule has 0 spiro atoms. The third-order valence-corrected chi connectivity index (χ3v) is 6.23. The van der Waals surface area contributed by atoms with E-state index >= 15 is 0 Å². The van der Waals surface area contributed by atoms with E-state index in [0.29, 0.717) is 6.54 Å². The number of hydrogen-bond acceptors (Lipinski definition) is 4. The second kappa shape index (κ2) is 5.16. The summed E-state index contributed by atoms with van der Waals surface area (Å²) in [6.07, 6.45) is 1.12. The van der Waals surface area contributed by atoms with Crippen molar-refractivity contribution in [1.82, 2.24) is 0 Å². The number of thioether (sulfide) groups is 1. The van der Waals surface area contributed by atoms with Crippen molar-refractivity contribution in [1.29, 1.82) is 0 Å². The van der Waals surface area contributed by atoms with Crippen LogP contribution in [0.4, 0.5) is 5.69 Å². The van der Waals surface area contributed by atoms with Gasteiger partial charge in [-0.1, -0.05) is 24.3 Å². The highest BCUT2D eigenvalue weighted by Gasteiger charge is 2.53. The maximum atomic E-state index is 11.3. The van der Waals surface area contributed by atoms with Gasteiger partial charge in [0.2, 0.25) is 0 Å². The summed E-state index contributed by atoms with van der Waals surface area (Å²) in [5.74, 6) is 1.12. The van der Waals surface area contributed by atoms with E-state index < -0.39 is 5.72 Å². The van der Waals surface area contributed by atoms with Crippen LogP contribution in [0.25, 0.3) is 0 Å². The summed E-state index contributed by atoms with van der Waals surface area (Å²) < 4.78 is 2.18. The molecule has 0 saturated carbocycles. The molecule has 2 aliphatic rings. The van der Waals surface area contributed by atoms with Crippen LogP contribution in [0.15, 0.2) is 47.8 Å². The quantitative estimate of drug-likeness (QED) is 0.863. The summed E-state index contributed by atoms with van der Waals surface area (Å²) in [5, 5.41) is 14.6. The van der Waals surface area contributed by atoms with Crippen molar-refractivity contribution in [2.45, 2.75) is 12.1 Å². The third-order valence-electron chi connectivity index (χ3n) is 4.03. The molecule has 1 aromatic carbocycles. The number of thiophene rings is 1. The van der Waals surface area contributed by atoms with Crippen molar-refractivity contribution in [2.24, 2.45) is 0 Å². The van der Waals surface area contributed by atoms with Crippen LogP contribution >= 0.6 is 23.1 Å². The fourth-order valence-electron chi connectivity index (χ4n) is 3.03. The minimum Gasteiger partial charge on any atom is -0.346 e. The van der Waals surface area contributed by atoms with E-state index in [1.807, 2.05) is 35.3 Å². The SMILES string of the molecule is OC1(c2cccs2)CN(c2ccccc2)C2=[N+]1CCCS2. The minimum atomic E-state index is -0.896. The lowest BCUT2D eigenvalue weighted by atomic mass is 10.1. The van der Waals surface area contributed by atoms with E-state index in [-0.39, 0.29) is 0 Å². The normalized spacial score (nSPS) is 25.3. The Balaban J connectivity index is 1.81. The molecular weight excluding hydrogens is 300 g/mol. The number of anilines is 1. The molecule has 1 unspecified atom stereocenters. The van der Waals surface area contributed by atoms with Gasteiger partial charge in [0.25, 0.3) is 5.72 Å². The van der Waals surface area contributed by atoms with Crippen molar-refractivity contribution in [3.05, 3.63) is 52.7 Å². The van der Waals surface area contributed by atoms with Gasteiger partial charge in [-0.25, -0.2) is 9.48 Å². The largest absolute Gasteiger partial charge is 0.346 e. The van der Waals surface area contributed by atoms with Gasteiger partial charge in [-0.15, -0.1) is 11.3 Å². The number of hydrogen-bond donors (Lipinski definition) is 1. The van der Waals surface area contributed by atoms with Crippen LogP contribution in [0.1, 0.15) is 11.3 Å². The van der Waals surface area contributed by atoms with E-state index in [0.717, 1.165) is 29.3 Å². The molecule has 1 atom stereocenters. The number of para-hydroxylation sites is 1. The van der Waals surface area contributed by atoms with Crippen molar-refractivity contribution in [2.75, 3.05) is 23.7 Å². The lowest BCUT2D eigenvalue weighted by Gasteiger charge is -2.22. The predicted octanol–water partition coefficient (Wildman–Crippen LogP) is 2.92. The molecule has 21 heavy (non-hydrogen) atoms. The Morgan fingerprint density at radius 3 is 2.76 bits per heavy atom. The Labute approximate surface area is 132 Å². The Bertz CT molecular complexity index is 669. The number of β-amino-alcohol motifs (C(OH)–C–C–N with tert-alkyl or cyclic N) is 1. The molecule has 1 N–H and O–H groups in total. The zero-order valence-electron chi connectivity index (χ0n) is 11.6. The topological polar surface area (TPSA) is 26.5 Å². The Kier molecular flexibility index (Phi) is 3.28. The van der Waals surface area contributed by atoms with E-state index in [1.54, 1.807) is 11.3 Å². The molecule has 0 bridgehead atoms. The van der Waals surface area contributed by atoms with Gasteiger partial charge in [0.15, 0.2) is 6.54 Å². The molecule has 3 heterocycles. The second-order valence-electron chi connectivity index (χ2n) is 5.35. The molecular formula is C16H17N2OS2+. The van der Waals surface area contributed by atoms with E-state index in [1.165, 1.54) is 5.17 Å². The fourth-order valence-corrected chi connectivity index (χ4v) is 5.03. The highest BCUT2D eigenvalue weighted by Crippen LogP contribution is 2.38. The summed E-state index contributed by atoms with van der Waals surface area (Å²) in [6.45, 7) is 1.51. The highest BCUT2D eigenvalue weighted by molar-refractivity contribution is 8.13. The van der Waals surface area contributed by atoms with E-state index in [2.05, 4.69) is 33.7 Å². The van der Waals surface area contributed by atoms with Gasteiger partial charge in [-0.2, -0.15) is 0 Å². The molecule has 0 radical (unpaired) electrons. The zero-order valence-corrected chi connectivity index (χ0v) is 13.2. The monoisotopic (exact) mass is 317 g/mol. The van der Waals surface area contributed by atoms with Crippen molar-refractivity contribution in [3.63, 3.8) is 0 Å². The first-order valence-electron chi connectivity index (χ1n) is 7.15. The zero-order chi connectivity index (χ0) is 14.3. The second-order valence-corrected chi connectivity index (χ2v) is 7.36. The molecule has 2 aliphatic heterocycles. The number of benzene rings is 1. The average molecular weight is 317 g/mol. The van der Waals surface area contributed by atoms with Crippen molar-refractivity contribution < 1.29 is 9.68 Å². The molecule has 5 heteroatoms. The smallest absolute Gasteiger partial charge is 0.316 e. The number of nitrogens with zero attached hydrogens (tertiary/aromatic N) is 2. The maximum Gasteiger partial charge on any atom is 0.316 e. The van der Waals surface area contributed by atoms with Gasteiger partial charge < -0.3 is 5.11 Å². The fraction of sp³-hybridized carbons (Fsp3) is 0.312. The molecule has 0 amide bonds. The predicted molar refractivity (Wildman–Crippen MR) is 89.2 cm³/mol. The average Bonchev–Trinajstić information content (AvgIpc) is 3.17. The molecule has 4 rings (SSSR count). The molecule has 0 fully saturated rings. The van der Waals surface area contributed by atoms with Crippen LogP contribution in [0.3, 0.4) is 0 Å². The molecule has 1 aromatic heterocycles. The van der Waals surface area contributed by atoms with E-state index in [9.17, 15) is 5.11 Å².